The van der Waals surface area contributed by atoms with Crippen molar-refractivity contribution in [3.63, 3.8) is 0 Å². The van der Waals surface area contributed by atoms with Crippen LogP contribution >= 0.6 is 15.9 Å². The van der Waals surface area contributed by atoms with Gasteiger partial charge in [-0.05, 0) is 65.7 Å². The van der Waals surface area contributed by atoms with E-state index in [0.717, 1.165) is 16.1 Å². The molecule has 0 aliphatic heterocycles. The smallest absolute Gasteiger partial charge is 0.335 e. The molecule has 1 N–H and O–H groups in total. The Kier molecular flexibility index (Phi) is 4.50. The van der Waals surface area contributed by atoms with Crippen molar-refractivity contribution in [2.45, 2.75) is 38.6 Å². The lowest BCUT2D eigenvalue weighted by Crippen LogP contribution is -2.35. The number of anilines is 1. The van der Waals surface area contributed by atoms with E-state index >= 15 is 0 Å². The third-order valence-electron chi connectivity index (χ3n) is 4.11. The minimum atomic E-state index is -0.888. The predicted octanol–water partition coefficient (Wildman–Crippen LogP) is 4.16. The van der Waals surface area contributed by atoms with E-state index in [2.05, 4.69) is 34.8 Å². The molecule has 0 radical (unpaired) electrons. The molecule has 0 bridgehead atoms. The number of halogens is 1. The lowest BCUT2D eigenvalue weighted by Gasteiger charge is -2.35. The average molecular weight is 326 g/mol. The fourth-order valence-electron chi connectivity index (χ4n) is 2.75. The summed E-state index contributed by atoms with van der Waals surface area (Å²) >= 11 is 3.49. The lowest BCUT2D eigenvalue weighted by atomic mass is 9.86. The third kappa shape index (κ3) is 3.30. The van der Waals surface area contributed by atoms with Crippen molar-refractivity contribution in [1.29, 1.82) is 0 Å². The summed E-state index contributed by atoms with van der Waals surface area (Å²) in [6.45, 7) is 2.31. The number of carboxylic acid groups (broad SMARTS) is 1. The molecule has 4 heteroatoms. The highest BCUT2D eigenvalue weighted by atomic mass is 79.9. The number of nitrogens with zero attached hydrogens (tertiary/aromatic N) is 1. The summed E-state index contributed by atoms with van der Waals surface area (Å²) in [4.78, 5) is 13.2. The van der Waals surface area contributed by atoms with Crippen molar-refractivity contribution in [2.24, 2.45) is 5.92 Å². The normalized spacial score (nSPS) is 23.1. The first-order valence-electron chi connectivity index (χ1n) is 6.74. The Morgan fingerprint density at radius 3 is 2.47 bits per heavy atom. The highest BCUT2D eigenvalue weighted by Gasteiger charge is 2.23. The highest BCUT2D eigenvalue weighted by molar-refractivity contribution is 9.10. The van der Waals surface area contributed by atoms with E-state index < -0.39 is 5.97 Å². The Morgan fingerprint density at radius 1 is 1.32 bits per heavy atom. The van der Waals surface area contributed by atoms with Crippen LogP contribution in [-0.2, 0) is 0 Å². The maximum Gasteiger partial charge on any atom is 0.335 e. The van der Waals surface area contributed by atoms with Crippen molar-refractivity contribution in [2.75, 3.05) is 11.9 Å². The summed E-state index contributed by atoms with van der Waals surface area (Å²) in [5.74, 6) is -0.0520. The fourth-order valence-corrected chi connectivity index (χ4v) is 3.41. The molecule has 1 saturated carbocycles. The molecule has 19 heavy (non-hydrogen) atoms. The molecule has 1 aliphatic rings. The van der Waals surface area contributed by atoms with Crippen LogP contribution in [0.25, 0.3) is 0 Å². The first-order valence-corrected chi connectivity index (χ1v) is 7.54. The SMILES string of the molecule is CC1CCC(N(C)c2ccc(C(=O)O)cc2Br)CC1. The van der Waals surface area contributed by atoms with Crippen molar-refractivity contribution in [3.05, 3.63) is 28.2 Å². The van der Waals surface area contributed by atoms with Crippen LogP contribution in [0.3, 0.4) is 0 Å². The Labute approximate surface area is 122 Å². The van der Waals surface area contributed by atoms with Crippen molar-refractivity contribution in [3.8, 4) is 0 Å². The van der Waals surface area contributed by atoms with Crippen molar-refractivity contribution in [1.82, 2.24) is 0 Å². The maximum absolute atomic E-state index is 10.9. The molecule has 1 aliphatic carbocycles. The van der Waals surface area contributed by atoms with Gasteiger partial charge >= 0.3 is 5.97 Å². The second kappa shape index (κ2) is 5.95. The number of hydrogen-bond donors (Lipinski definition) is 1. The van der Waals surface area contributed by atoms with Gasteiger partial charge in [0.25, 0.3) is 0 Å². The molecular weight excluding hydrogens is 306 g/mol. The van der Waals surface area contributed by atoms with E-state index in [1.165, 1.54) is 25.7 Å². The van der Waals surface area contributed by atoms with Crippen LogP contribution in [0, 0.1) is 5.92 Å². The number of carbonyl (C=O) groups is 1. The number of rotatable bonds is 3. The van der Waals surface area contributed by atoms with E-state index in [4.69, 9.17) is 5.11 Å². The minimum Gasteiger partial charge on any atom is -0.478 e. The maximum atomic E-state index is 10.9. The first kappa shape index (κ1) is 14.4. The number of carboxylic acids is 1. The van der Waals surface area contributed by atoms with Gasteiger partial charge < -0.3 is 10.0 Å². The zero-order valence-corrected chi connectivity index (χ0v) is 13.0. The molecule has 0 amide bonds. The van der Waals surface area contributed by atoms with Crippen LogP contribution in [0.2, 0.25) is 0 Å². The molecule has 0 atom stereocenters. The van der Waals surface area contributed by atoms with Crippen LogP contribution in [0.4, 0.5) is 5.69 Å². The molecule has 0 unspecified atom stereocenters. The zero-order valence-electron chi connectivity index (χ0n) is 11.4. The molecule has 1 fully saturated rings. The van der Waals surface area contributed by atoms with Gasteiger partial charge in [-0.2, -0.15) is 0 Å². The molecule has 0 saturated heterocycles. The van der Waals surface area contributed by atoms with Crippen LogP contribution in [0.1, 0.15) is 43.0 Å². The average Bonchev–Trinajstić information content (AvgIpc) is 2.38. The molecule has 1 aromatic carbocycles. The highest BCUT2D eigenvalue weighted by Crippen LogP contribution is 2.33. The molecule has 2 rings (SSSR count). The van der Waals surface area contributed by atoms with Gasteiger partial charge in [-0.25, -0.2) is 4.79 Å². The predicted molar refractivity (Wildman–Crippen MR) is 80.9 cm³/mol. The van der Waals surface area contributed by atoms with E-state index in [-0.39, 0.29) is 0 Å². The Balaban J connectivity index is 2.15. The summed E-state index contributed by atoms with van der Waals surface area (Å²) < 4.78 is 0.855. The van der Waals surface area contributed by atoms with Gasteiger partial charge in [-0.3, -0.25) is 0 Å². The monoisotopic (exact) mass is 325 g/mol. The topological polar surface area (TPSA) is 40.5 Å². The Morgan fingerprint density at radius 2 is 1.95 bits per heavy atom. The second-order valence-corrected chi connectivity index (χ2v) is 6.35. The second-order valence-electron chi connectivity index (χ2n) is 5.50. The third-order valence-corrected chi connectivity index (χ3v) is 4.74. The molecule has 1 aromatic rings. The molecule has 3 nitrogen and oxygen atoms in total. The summed E-state index contributed by atoms with van der Waals surface area (Å²) in [6.07, 6.45) is 4.98. The molecule has 0 spiro atoms. The molecule has 0 heterocycles. The molecule has 104 valence electrons. The van der Waals surface area contributed by atoms with Crippen molar-refractivity contribution >= 4 is 27.6 Å². The quantitative estimate of drug-likeness (QED) is 0.907. The van der Waals surface area contributed by atoms with Crippen molar-refractivity contribution < 1.29 is 9.90 Å². The minimum absolute atomic E-state index is 0.321. The van der Waals surface area contributed by atoms with Gasteiger partial charge in [0.05, 0.1) is 11.3 Å². The van der Waals surface area contributed by atoms with Gasteiger partial charge in [0.2, 0.25) is 0 Å². The fraction of sp³-hybridized carbons (Fsp3) is 0.533. The summed E-state index contributed by atoms with van der Waals surface area (Å²) in [7, 11) is 2.10. The van der Waals surface area contributed by atoms with E-state index in [1.54, 1.807) is 12.1 Å². The van der Waals surface area contributed by atoms with Crippen LogP contribution in [-0.4, -0.2) is 24.2 Å². The van der Waals surface area contributed by atoms with Crippen LogP contribution < -0.4 is 4.90 Å². The summed E-state index contributed by atoms with van der Waals surface area (Å²) in [6, 6.07) is 5.80. The van der Waals surface area contributed by atoms with Gasteiger partial charge in [-0.15, -0.1) is 0 Å². The Hall–Kier alpha value is -1.03. The number of hydrogen-bond acceptors (Lipinski definition) is 2. The lowest BCUT2D eigenvalue weighted by molar-refractivity contribution is 0.0697. The largest absolute Gasteiger partial charge is 0.478 e. The number of aromatic carboxylic acids is 1. The molecular formula is C15H20BrNO2. The first-order chi connectivity index (χ1) is 8.99. The van der Waals surface area contributed by atoms with Gasteiger partial charge in [0, 0.05) is 17.6 Å². The summed E-state index contributed by atoms with van der Waals surface area (Å²) in [5, 5.41) is 8.98. The van der Waals surface area contributed by atoms with Crippen LogP contribution in [0.15, 0.2) is 22.7 Å². The number of benzene rings is 1. The zero-order chi connectivity index (χ0) is 14.0. The van der Waals surface area contributed by atoms with Gasteiger partial charge in [-0.1, -0.05) is 6.92 Å². The van der Waals surface area contributed by atoms with E-state index in [9.17, 15) is 4.79 Å². The summed E-state index contributed by atoms with van der Waals surface area (Å²) in [5.41, 5.74) is 1.39. The Bertz CT molecular complexity index is 467. The van der Waals surface area contributed by atoms with E-state index in [1.807, 2.05) is 6.07 Å². The molecule has 0 aromatic heterocycles. The van der Waals surface area contributed by atoms with Gasteiger partial charge in [0.1, 0.15) is 0 Å². The van der Waals surface area contributed by atoms with E-state index in [0.29, 0.717) is 11.6 Å². The van der Waals surface area contributed by atoms with Gasteiger partial charge in [0.15, 0.2) is 0 Å². The van der Waals surface area contributed by atoms with Crippen LogP contribution in [0.5, 0.6) is 0 Å². The standard InChI is InChI=1S/C15H20BrNO2/c1-10-3-6-12(7-4-10)17(2)14-8-5-11(15(18)19)9-13(14)16/h5,8-10,12H,3-4,6-7H2,1-2H3,(H,18,19).